The molecule has 0 rings (SSSR count). The van der Waals surface area contributed by atoms with E-state index in [2.05, 4.69) is 19.6 Å². The molecule has 0 N–H and O–H groups in total. The maximum atomic E-state index is 3.90. The highest BCUT2D eigenvalue weighted by atomic mass is 13.9. The van der Waals surface area contributed by atoms with Gasteiger partial charge in [-0.2, -0.15) is 0 Å². The topological polar surface area (TPSA) is 0 Å². The fourth-order valence-electron chi connectivity index (χ4n) is 0.723. The second-order valence-corrected chi connectivity index (χ2v) is 2.26. The molecular weight excluding hydrogens is 108 g/mol. The van der Waals surface area contributed by atoms with Crippen LogP contribution in [0.1, 0.15) is 33.1 Å². The van der Waals surface area contributed by atoms with Crippen LogP contribution in [-0.2, 0) is 0 Å². The predicted molar refractivity (Wildman–Crippen MR) is 43.5 cm³/mol. The Hall–Kier alpha value is -0.520. The van der Waals surface area contributed by atoms with Crippen LogP contribution in [0.25, 0.3) is 0 Å². The maximum absolute atomic E-state index is 3.90. The molecule has 0 aliphatic rings. The number of allylic oxidation sites excluding steroid dienone is 3. The minimum atomic E-state index is 1.15. The lowest BCUT2D eigenvalue weighted by Gasteiger charge is -1.94. The highest BCUT2D eigenvalue weighted by molar-refractivity contribution is 5.12. The lowest BCUT2D eigenvalue weighted by atomic mass is 10.1. The largest absolute Gasteiger partial charge is 0.0958 e. The van der Waals surface area contributed by atoms with Crippen molar-refractivity contribution >= 4 is 0 Å². The van der Waals surface area contributed by atoms with Crippen molar-refractivity contribution in [3.05, 3.63) is 24.3 Å². The highest BCUT2D eigenvalue weighted by Gasteiger charge is 1.85. The van der Waals surface area contributed by atoms with E-state index in [1.165, 1.54) is 18.4 Å². The lowest BCUT2D eigenvalue weighted by molar-refractivity contribution is 0.799. The van der Waals surface area contributed by atoms with E-state index in [1.54, 1.807) is 0 Å². The number of hydrogen-bond acceptors (Lipinski definition) is 0. The molecule has 0 bridgehead atoms. The Morgan fingerprint density at radius 1 is 1.56 bits per heavy atom. The van der Waals surface area contributed by atoms with Gasteiger partial charge in [-0.15, -0.1) is 0 Å². The molecule has 0 heterocycles. The Bertz CT molecular complexity index is 98.6. The van der Waals surface area contributed by atoms with Gasteiger partial charge in [-0.05, 0) is 19.8 Å². The van der Waals surface area contributed by atoms with Crippen molar-refractivity contribution in [3.63, 3.8) is 0 Å². The Morgan fingerprint density at radius 3 is 2.67 bits per heavy atom. The van der Waals surface area contributed by atoms with E-state index in [0.717, 1.165) is 6.42 Å². The Balaban J connectivity index is 3.27. The summed E-state index contributed by atoms with van der Waals surface area (Å²) < 4.78 is 0. The van der Waals surface area contributed by atoms with Gasteiger partial charge in [-0.3, -0.25) is 0 Å². The molecule has 0 aromatic heterocycles. The average molecular weight is 124 g/mol. The molecule has 0 aromatic rings. The molecule has 0 fully saturated rings. The van der Waals surface area contributed by atoms with E-state index in [0.29, 0.717) is 0 Å². The molecule has 0 unspecified atom stereocenters. The molecule has 52 valence electrons. The summed E-state index contributed by atoms with van der Waals surface area (Å²) >= 11 is 0. The fraction of sp³-hybridized carbons (Fsp3) is 0.556. The summed E-state index contributed by atoms with van der Waals surface area (Å²) in [5.41, 5.74) is 1.25. The molecule has 0 spiro atoms. The van der Waals surface area contributed by atoms with Crippen molar-refractivity contribution < 1.29 is 0 Å². The molecule has 9 heavy (non-hydrogen) atoms. The molecule has 0 aliphatic carbocycles. The fourth-order valence-corrected chi connectivity index (χ4v) is 0.723. The SMILES string of the molecule is C=C(C=CC)CCCC. The second-order valence-electron chi connectivity index (χ2n) is 2.26. The average Bonchev–Trinajstić information content (AvgIpc) is 1.85. The van der Waals surface area contributed by atoms with Crippen LogP contribution >= 0.6 is 0 Å². The van der Waals surface area contributed by atoms with Crippen molar-refractivity contribution in [1.29, 1.82) is 0 Å². The van der Waals surface area contributed by atoms with Gasteiger partial charge in [0.25, 0.3) is 0 Å². The lowest BCUT2D eigenvalue weighted by Crippen LogP contribution is -1.74. The van der Waals surface area contributed by atoms with Crippen LogP contribution in [0.3, 0.4) is 0 Å². The van der Waals surface area contributed by atoms with Crippen molar-refractivity contribution in [1.82, 2.24) is 0 Å². The van der Waals surface area contributed by atoms with E-state index >= 15 is 0 Å². The van der Waals surface area contributed by atoms with E-state index in [9.17, 15) is 0 Å². The van der Waals surface area contributed by atoms with Gasteiger partial charge >= 0.3 is 0 Å². The van der Waals surface area contributed by atoms with Gasteiger partial charge in [0.1, 0.15) is 0 Å². The van der Waals surface area contributed by atoms with Crippen LogP contribution in [0.4, 0.5) is 0 Å². The Kier molecular flexibility index (Phi) is 5.29. The molecule has 0 aliphatic heterocycles. The summed E-state index contributed by atoms with van der Waals surface area (Å²) in [6.45, 7) is 8.12. The Morgan fingerprint density at radius 2 is 2.22 bits per heavy atom. The first-order valence-corrected chi connectivity index (χ1v) is 3.61. The van der Waals surface area contributed by atoms with Crippen LogP contribution in [0.5, 0.6) is 0 Å². The third kappa shape index (κ3) is 5.35. The molecule has 0 aromatic carbocycles. The molecular formula is C9H16. The van der Waals surface area contributed by atoms with Crippen molar-refractivity contribution in [2.75, 3.05) is 0 Å². The van der Waals surface area contributed by atoms with Crippen molar-refractivity contribution in [2.45, 2.75) is 33.1 Å². The minimum absolute atomic E-state index is 1.15. The van der Waals surface area contributed by atoms with Gasteiger partial charge in [0, 0.05) is 0 Å². The van der Waals surface area contributed by atoms with Crippen LogP contribution in [-0.4, -0.2) is 0 Å². The van der Waals surface area contributed by atoms with Crippen molar-refractivity contribution in [2.24, 2.45) is 0 Å². The molecule has 0 saturated heterocycles. The summed E-state index contributed by atoms with van der Waals surface area (Å²) in [6, 6.07) is 0. The van der Waals surface area contributed by atoms with Crippen molar-refractivity contribution in [3.8, 4) is 0 Å². The van der Waals surface area contributed by atoms with E-state index in [1.807, 2.05) is 13.0 Å². The van der Waals surface area contributed by atoms with Gasteiger partial charge in [0.2, 0.25) is 0 Å². The monoisotopic (exact) mass is 124 g/mol. The van der Waals surface area contributed by atoms with E-state index in [4.69, 9.17) is 0 Å². The third-order valence-electron chi connectivity index (χ3n) is 1.25. The summed E-state index contributed by atoms with van der Waals surface area (Å²) in [4.78, 5) is 0. The quantitative estimate of drug-likeness (QED) is 0.504. The standard InChI is InChI=1S/C9H16/c1-4-6-8-9(3)7-5-2/h5,7H,3-4,6,8H2,1-2H3. The normalized spacial score (nSPS) is 10.4. The molecule has 0 atom stereocenters. The summed E-state index contributed by atoms with van der Waals surface area (Å²) in [5.74, 6) is 0. The summed E-state index contributed by atoms with van der Waals surface area (Å²) in [7, 11) is 0. The number of hydrogen-bond donors (Lipinski definition) is 0. The zero-order valence-corrected chi connectivity index (χ0v) is 6.48. The molecule has 0 radical (unpaired) electrons. The molecule has 0 saturated carbocycles. The van der Waals surface area contributed by atoms with E-state index in [-0.39, 0.29) is 0 Å². The van der Waals surface area contributed by atoms with Gasteiger partial charge in [-0.1, -0.05) is 37.6 Å². The molecule has 0 heteroatoms. The van der Waals surface area contributed by atoms with Gasteiger partial charge in [0.05, 0.1) is 0 Å². The number of unbranched alkanes of at least 4 members (excludes halogenated alkanes) is 1. The minimum Gasteiger partial charge on any atom is -0.0958 e. The molecule has 0 amide bonds. The zero-order chi connectivity index (χ0) is 7.11. The molecule has 0 nitrogen and oxygen atoms in total. The third-order valence-corrected chi connectivity index (χ3v) is 1.25. The highest BCUT2D eigenvalue weighted by Crippen LogP contribution is 2.05. The summed E-state index contributed by atoms with van der Waals surface area (Å²) in [5, 5.41) is 0. The van der Waals surface area contributed by atoms with Crippen LogP contribution in [0.15, 0.2) is 24.3 Å². The maximum Gasteiger partial charge on any atom is -0.0285 e. The van der Waals surface area contributed by atoms with Gasteiger partial charge < -0.3 is 0 Å². The smallest absolute Gasteiger partial charge is 0.0285 e. The first kappa shape index (κ1) is 8.48. The zero-order valence-electron chi connectivity index (χ0n) is 6.48. The van der Waals surface area contributed by atoms with Crippen LogP contribution < -0.4 is 0 Å². The van der Waals surface area contributed by atoms with Crippen LogP contribution in [0, 0.1) is 0 Å². The second kappa shape index (κ2) is 5.61. The first-order chi connectivity index (χ1) is 4.31. The number of rotatable bonds is 4. The van der Waals surface area contributed by atoms with Gasteiger partial charge in [0.15, 0.2) is 0 Å². The van der Waals surface area contributed by atoms with E-state index < -0.39 is 0 Å². The first-order valence-electron chi connectivity index (χ1n) is 3.61. The van der Waals surface area contributed by atoms with Crippen LogP contribution in [0.2, 0.25) is 0 Å². The summed E-state index contributed by atoms with van der Waals surface area (Å²) in [6.07, 6.45) is 7.80. The van der Waals surface area contributed by atoms with Gasteiger partial charge in [-0.25, -0.2) is 0 Å². The predicted octanol–water partition coefficient (Wildman–Crippen LogP) is 3.31. The Labute approximate surface area is 58.3 Å².